The number of carbonyl (C=O) groups is 1. The van der Waals surface area contributed by atoms with Crippen LogP contribution < -0.4 is 4.74 Å². The van der Waals surface area contributed by atoms with E-state index >= 15 is 0 Å². The summed E-state index contributed by atoms with van der Waals surface area (Å²) in [6, 6.07) is 6.34. The van der Waals surface area contributed by atoms with Crippen molar-refractivity contribution in [3.8, 4) is 11.6 Å². The molecule has 2 aromatic rings. The van der Waals surface area contributed by atoms with Gasteiger partial charge in [-0.1, -0.05) is 23.2 Å². The molecule has 1 aromatic heterocycles. The van der Waals surface area contributed by atoms with Gasteiger partial charge in [0.1, 0.15) is 11.3 Å². The Bertz CT molecular complexity index is 711. The van der Waals surface area contributed by atoms with Gasteiger partial charge in [0.25, 0.3) is 0 Å². The van der Waals surface area contributed by atoms with Crippen molar-refractivity contribution in [2.75, 3.05) is 0 Å². The zero-order chi connectivity index (χ0) is 15.0. The molecule has 108 valence electrons. The summed E-state index contributed by atoms with van der Waals surface area (Å²) in [5.74, 6) is -0.637. The van der Waals surface area contributed by atoms with Gasteiger partial charge in [-0.05, 0) is 49.1 Å². The highest BCUT2D eigenvalue weighted by molar-refractivity contribution is 6.34. The third kappa shape index (κ3) is 2.96. The summed E-state index contributed by atoms with van der Waals surface area (Å²) in [4.78, 5) is 15.7. The number of nitrogens with zero attached hydrogens (tertiary/aromatic N) is 1. The van der Waals surface area contributed by atoms with Crippen molar-refractivity contribution in [1.29, 1.82) is 0 Å². The number of rotatable bonds is 3. The largest absolute Gasteiger partial charge is 0.477 e. The summed E-state index contributed by atoms with van der Waals surface area (Å²) in [5.41, 5.74) is 1.92. The first-order chi connectivity index (χ1) is 10.0. The minimum atomic E-state index is -1.07. The highest BCUT2D eigenvalue weighted by atomic mass is 35.5. The zero-order valence-electron chi connectivity index (χ0n) is 10.9. The van der Waals surface area contributed by atoms with Crippen molar-refractivity contribution in [3.05, 3.63) is 51.1 Å². The zero-order valence-corrected chi connectivity index (χ0v) is 12.4. The first-order valence-corrected chi connectivity index (χ1v) is 7.18. The molecule has 0 spiro atoms. The lowest BCUT2D eigenvalue weighted by Gasteiger charge is -2.10. The van der Waals surface area contributed by atoms with Crippen molar-refractivity contribution < 1.29 is 14.6 Å². The summed E-state index contributed by atoms with van der Waals surface area (Å²) in [6.07, 6.45) is 2.67. The number of fused-ring (bicyclic) bond motifs is 1. The third-order valence-electron chi connectivity index (χ3n) is 3.30. The van der Waals surface area contributed by atoms with Gasteiger partial charge < -0.3 is 9.84 Å². The quantitative estimate of drug-likeness (QED) is 0.911. The fraction of sp³-hybridized carbons (Fsp3) is 0.200. The number of aromatic carboxylic acids is 1. The molecular formula is C15H11Cl2NO3. The predicted octanol–water partition coefficient (Wildman–Crippen LogP) is 4.37. The molecule has 0 bridgehead atoms. The molecule has 0 radical (unpaired) electrons. The predicted molar refractivity (Wildman–Crippen MR) is 79.8 cm³/mol. The van der Waals surface area contributed by atoms with Crippen LogP contribution in [0.25, 0.3) is 0 Å². The van der Waals surface area contributed by atoms with E-state index < -0.39 is 5.97 Å². The highest BCUT2D eigenvalue weighted by Gasteiger charge is 2.21. The summed E-state index contributed by atoms with van der Waals surface area (Å²) in [6.45, 7) is 0. The Morgan fingerprint density at radius 3 is 2.52 bits per heavy atom. The van der Waals surface area contributed by atoms with E-state index in [1.165, 1.54) is 0 Å². The van der Waals surface area contributed by atoms with Crippen LogP contribution in [-0.2, 0) is 12.8 Å². The molecule has 0 saturated carbocycles. The molecule has 0 unspecified atom stereocenters. The van der Waals surface area contributed by atoms with E-state index in [2.05, 4.69) is 4.98 Å². The lowest BCUT2D eigenvalue weighted by molar-refractivity contribution is 0.0693. The van der Waals surface area contributed by atoms with Crippen LogP contribution in [0.1, 0.15) is 28.0 Å². The molecule has 0 fully saturated rings. The first kappa shape index (κ1) is 14.2. The van der Waals surface area contributed by atoms with E-state index in [-0.39, 0.29) is 11.4 Å². The van der Waals surface area contributed by atoms with Crippen LogP contribution in [0.2, 0.25) is 10.0 Å². The van der Waals surface area contributed by atoms with Crippen LogP contribution in [0.15, 0.2) is 24.3 Å². The van der Waals surface area contributed by atoms with Crippen LogP contribution in [0, 0.1) is 0 Å². The molecule has 0 saturated heterocycles. The third-order valence-corrected chi connectivity index (χ3v) is 3.73. The fourth-order valence-electron chi connectivity index (χ4n) is 2.38. The highest BCUT2D eigenvalue weighted by Crippen LogP contribution is 2.32. The topological polar surface area (TPSA) is 59.4 Å². The van der Waals surface area contributed by atoms with Crippen molar-refractivity contribution >= 4 is 29.2 Å². The molecule has 0 amide bonds. The molecule has 0 aliphatic heterocycles. The maximum Gasteiger partial charge on any atom is 0.341 e. The SMILES string of the molecule is O=C(O)c1cc2c(nc1Oc1cc(Cl)cc(Cl)c1)CCC2. The van der Waals surface area contributed by atoms with Gasteiger partial charge in [0, 0.05) is 15.7 Å². The van der Waals surface area contributed by atoms with E-state index in [4.69, 9.17) is 27.9 Å². The van der Waals surface area contributed by atoms with Crippen LogP contribution in [-0.4, -0.2) is 16.1 Å². The molecular weight excluding hydrogens is 313 g/mol. The number of pyridine rings is 1. The van der Waals surface area contributed by atoms with Gasteiger partial charge in [-0.25, -0.2) is 9.78 Å². The number of hydrogen-bond acceptors (Lipinski definition) is 3. The average molecular weight is 324 g/mol. The number of aromatic nitrogens is 1. The number of hydrogen-bond donors (Lipinski definition) is 1. The molecule has 1 N–H and O–H groups in total. The first-order valence-electron chi connectivity index (χ1n) is 6.43. The molecule has 4 nitrogen and oxygen atoms in total. The number of benzene rings is 1. The molecule has 1 heterocycles. The van der Waals surface area contributed by atoms with E-state index in [0.717, 1.165) is 30.5 Å². The van der Waals surface area contributed by atoms with E-state index in [9.17, 15) is 9.90 Å². The van der Waals surface area contributed by atoms with E-state index in [1.807, 2.05) is 0 Å². The minimum absolute atomic E-state index is 0.0479. The Kier molecular flexibility index (Phi) is 3.74. The Morgan fingerprint density at radius 2 is 1.86 bits per heavy atom. The Morgan fingerprint density at radius 1 is 1.14 bits per heavy atom. The molecule has 1 aliphatic rings. The maximum absolute atomic E-state index is 11.4. The summed E-state index contributed by atoms with van der Waals surface area (Å²) >= 11 is 11.8. The molecule has 0 atom stereocenters. The van der Waals surface area contributed by atoms with Gasteiger partial charge in [0.2, 0.25) is 5.88 Å². The monoisotopic (exact) mass is 323 g/mol. The second kappa shape index (κ2) is 5.54. The van der Waals surface area contributed by atoms with Gasteiger partial charge in [-0.2, -0.15) is 0 Å². The average Bonchev–Trinajstić information content (AvgIpc) is 2.83. The van der Waals surface area contributed by atoms with Gasteiger partial charge in [0.05, 0.1) is 0 Å². The lowest BCUT2D eigenvalue weighted by atomic mass is 10.1. The molecule has 6 heteroatoms. The Labute approximate surface area is 131 Å². The Balaban J connectivity index is 2.03. The van der Waals surface area contributed by atoms with Crippen molar-refractivity contribution in [2.45, 2.75) is 19.3 Å². The van der Waals surface area contributed by atoms with Crippen molar-refractivity contribution in [2.24, 2.45) is 0 Å². The lowest BCUT2D eigenvalue weighted by Crippen LogP contribution is -2.05. The van der Waals surface area contributed by atoms with Crippen LogP contribution in [0.4, 0.5) is 0 Å². The number of halogens is 2. The molecule has 3 rings (SSSR count). The van der Waals surface area contributed by atoms with Crippen LogP contribution in [0.3, 0.4) is 0 Å². The molecule has 21 heavy (non-hydrogen) atoms. The van der Waals surface area contributed by atoms with Crippen molar-refractivity contribution in [1.82, 2.24) is 4.98 Å². The maximum atomic E-state index is 11.4. The fourth-order valence-corrected chi connectivity index (χ4v) is 2.89. The van der Waals surface area contributed by atoms with Crippen LogP contribution >= 0.6 is 23.2 Å². The standard InChI is InChI=1S/C15H11Cl2NO3/c16-9-5-10(17)7-11(6-9)21-14-12(15(19)20)4-8-2-1-3-13(8)18-14/h4-7H,1-3H2,(H,19,20). The van der Waals surface area contributed by atoms with Gasteiger partial charge >= 0.3 is 5.97 Å². The molecule has 1 aromatic carbocycles. The summed E-state index contributed by atoms with van der Waals surface area (Å²) in [5, 5.41) is 10.1. The number of ether oxygens (including phenoxy) is 1. The number of carboxylic acid groups (broad SMARTS) is 1. The second-order valence-electron chi connectivity index (χ2n) is 4.81. The van der Waals surface area contributed by atoms with E-state index in [1.54, 1.807) is 24.3 Å². The Hall–Kier alpha value is -1.78. The van der Waals surface area contributed by atoms with Gasteiger partial charge in [0.15, 0.2) is 0 Å². The minimum Gasteiger partial charge on any atom is -0.477 e. The summed E-state index contributed by atoms with van der Waals surface area (Å²) < 4.78 is 5.60. The summed E-state index contributed by atoms with van der Waals surface area (Å²) in [7, 11) is 0. The number of carboxylic acids is 1. The van der Waals surface area contributed by atoms with Gasteiger partial charge in [-0.3, -0.25) is 0 Å². The second-order valence-corrected chi connectivity index (χ2v) is 5.69. The van der Waals surface area contributed by atoms with Crippen LogP contribution in [0.5, 0.6) is 11.6 Å². The smallest absolute Gasteiger partial charge is 0.341 e. The number of aryl methyl sites for hydroxylation is 2. The van der Waals surface area contributed by atoms with Crippen molar-refractivity contribution in [3.63, 3.8) is 0 Å². The molecule has 1 aliphatic carbocycles. The van der Waals surface area contributed by atoms with E-state index in [0.29, 0.717) is 15.8 Å². The van der Waals surface area contributed by atoms with Gasteiger partial charge in [-0.15, -0.1) is 0 Å². The normalized spacial score (nSPS) is 13.0.